The summed E-state index contributed by atoms with van der Waals surface area (Å²) in [4.78, 5) is 25.2. The van der Waals surface area contributed by atoms with Gasteiger partial charge in [0.05, 0.1) is 36.1 Å². The molecule has 0 saturated heterocycles. The van der Waals surface area contributed by atoms with Gasteiger partial charge < -0.3 is 19.5 Å². The number of anilines is 1. The second-order valence-corrected chi connectivity index (χ2v) is 5.55. The molecule has 27 heavy (non-hydrogen) atoms. The molecule has 2 rings (SSSR count). The molecule has 0 aromatic heterocycles. The first-order chi connectivity index (χ1) is 12.6. The quantitative estimate of drug-likeness (QED) is 0.778. The number of alkyl halides is 3. The van der Waals surface area contributed by atoms with Gasteiger partial charge in [-0.1, -0.05) is 17.7 Å². The molecule has 1 aliphatic heterocycles. The third-order valence-electron chi connectivity index (χ3n) is 3.52. The first-order valence-electron chi connectivity index (χ1n) is 7.26. The van der Waals surface area contributed by atoms with Gasteiger partial charge in [-0.3, -0.25) is 0 Å². The average Bonchev–Trinajstić information content (AvgIpc) is 2.84. The van der Waals surface area contributed by atoms with E-state index >= 15 is 0 Å². The second-order valence-electron chi connectivity index (χ2n) is 5.14. The molecule has 6 nitrogen and oxygen atoms in total. The van der Waals surface area contributed by atoms with Crippen LogP contribution in [0.5, 0.6) is 5.75 Å². The van der Waals surface area contributed by atoms with Crippen molar-refractivity contribution in [3.8, 4) is 5.75 Å². The normalized spacial score (nSPS) is 14.2. The van der Waals surface area contributed by atoms with Gasteiger partial charge in [0.25, 0.3) is 0 Å². The van der Waals surface area contributed by atoms with Crippen molar-refractivity contribution >= 4 is 29.2 Å². The third kappa shape index (κ3) is 4.08. The number of esters is 2. The Balaban J connectivity index is 2.80. The highest BCUT2D eigenvalue weighted by atomic mass is 35.5. The Morgan fingerprint density at radius 2 is 1.74 bits per heavy atom. The van der Waals surface area contributed by atoms with E-state index in [0.29, 0.717) is 12.1 Å². The maximum atomic E-state index is 13.1. The van der Waals surface area contributed by atoms with E-state index in [2.05, 4.69) is 9.47 Å². The highest BCUT2D eigenvalue weighted by Gasteiger charge is 2.35. The Kier molecular flexibility index (Phi) is 5.85. The van der Waals surface area contributed by atoms with Crippen LogP contribution in [0.1, 0.15) is 5.56 Å². The van der Waals surface area contributed by atoms with Crippen LogP contribution in [0.2, 0.25) is 5.02 Å². The number of carbonyl (C=O) groups is 2. The number of phenols is 1. The number of hydrogen-bond donors (Lipinski definition) is 1. The Hall–Kier alpha value is -2.94. The summed E-state index contributed by atoms with van der Waals surface area (Å²) in [5.41, 5.74) is -2.38. The van der Waals surface area contributed by atoms with Gasteiger partial charge in [0.1, 0.15) is 5.70 Å². The molecule has 0 unspecified atom stereocenters. The van der Waals surface area contributed by atoms with Gasteiger partial charge in [-0.25, -0.2) is 9.59 Å². The van der Waals surface area contributed by atoms with Gasteiger partial charge >= 0.3 is 18.1 Å². The molecule has 1 aromatic rings. The molecule has 1 aliphatic rings. The van der Waals surface area contributed by atoms with Crippen LogP contribution < -0.4 is 4.90 Å². The molecule has 1 aromatic carbocycles. The van der Waals surface area contributed by atoms with Crippen molar-refractivity contribution in [3.05, 3.63) is 58.4 Å². The highest BCUT2D eigenvalue weighted by Crippen LogP contribution is 2.43. The standard InChI is InChI=1S/C17H13ClF3NO5/c1-26-15(24)10-5-3-4-6-22(13(10)16(25)27-2)12-8-9(17(19,20)21)7-11(18)14(12)23/h3-8,23H,1-2H3. The van der Waals surface area contributed by atoms with Crippen molar-refractivity contribution in [2.24, 2.45) is 0 Å². The predicted octanol–water partition coefficient (Wildman–Crippen LogP) is 3.55. The SMILES string of the molecule is COC(=O)C1=C(C(=O)OC)N(c2cc(C(F)(F)F)cc(Cl)c2O)C=CC=C1. The molecule has 0 spiro atoms. The van der Waals surface area contributed by atoms with Crippen molar-refractivity contribution in [2.75, 3.05) is 19.1 Å². The van der Waals surface area contributed by atoms with Crippen LogP contribution in [0.3, 0.4) is 0 Å². The molecular weight excluding hydrogens is 391 g/mol. The minimum absolute atomic E-state index is 0.290. The largest absolute Gasteiger partial charge is 0.504 e. The van der Waals surface area contributed by atoms with Crippen LogP contribution in [0.25, 0.3) is 0 Å². The molecule has 0 saturated carbocycles. The molecule has 1 heterocycles. The minimum Gasteiger partial charge on any atom is -0.504 e. The van der Waals surface area contributed by atoms with Crippen molar-refractivity contribution in [1.29, 1.82) is 0 Å². The van der Waals surface area contributed by atoms with Gasteiger partial charge in [0.15, 0.2) is 5.75 Å². The number of benzene rings is 1. The van der Waals surface area contributed by atoms with E-state index in [9.17, 15) is 27.9 Å². The van der Waals surface area contributed by atoms with Gasteiger partial charge in [-0.05, 0) is 24.3 Å². The summed E-state index contributed by atoms with van der Waals surface area (Å²) in [7, 11) is 2.10. The first kappa shape index (κ1) is 20.4. The molecule has 0 atom stereocenters. The van der Waals surface area contributed by atoms with E-state index in [0.717, 1.165) is 19.1 Å². The Bertz CT molecular complexity index is 874. The van der Waals surface area contributed by atoms with E-state index in [4.69, 9.17) is 11.6 Å². The maximum Gasteiger partial charge on any atom is 0.416 e. The van der Waals surface area contributed by atoms with E-state index in [1.807, 2.05) is 0 Å². The summed E-state index contributed by atoms with van der Waals surface area (Å²) in [6.45, 7) is 0. The second kappa shape index (κ2) is 7.75. The number of carbonyl (C=O) groups excluding carboxylic acids is 2. The smallest absolute Gasteiger partial charge is 0.416 e. The average molecular weight is 404 g/mol. The lowest BCUT2D eigenvalue weighted by Crippen LogP contribution is -2.27. The van der Waals surface area contributed by atoms with Crippen molar-refractivity contribution in [2.45, 2.75) is 6.18 Å². The van der Waals surface area contributed by atoms with Gasteiger partial charge in [0, 0.05) is 6.20 Å². The lowest BCUT2D eigenvalue weighted by atomic mass is 10.1. The summed E-state index contributed by atoms with van der Waals surface area (Å²) in [6.07, 6.45) is 0.333. The molecule has 0 radical (unpaired) electrons. The topological polar surface area (TPSA) is 76.1 Å². The number of ether oxygens (including phenoxy) is 2. The predicted molar refractivity (Wildman–Crippen MR) is 89.9 cm³/mol. The van der Waals surface area contributed by atoms with Crippen LogP contribution in [0, 0.1) is 0 Å². The lowest BCUT2D eigenvalue weighted by Gasteiger charge is -2.25. The van der Waals surface area contributed by atoms with E-state index < -0.39 is 45.8 Å². The third-order valence-corrected chi connectivity index (χ3v) is 3.81. The summed E-state index contributed by atoms with van der Waals surface area (Å²) >= 11 is 5.73. The zero-order valence-electron chi connectivity index (χ0n) is 14.0. The van der Waals surface area contributed by atoms with E-state index in [-0.39, 0.29) is 5.57 Å². The zero-order chi connectivity index (χ0) is 20.4. The van der Waals surface area contributed by atoms with Crippen LogP contribution in [-0.2, 0) is 25.2 Å². The molecule has 10 heteroatoms. The fraction of sp³-hybridized carbons (Fsp3) is 0.176. The summed E-state index contributed by atoms with van der Waals surface area (Å²) < 4.78 is 48.7. The monoisotopic (exact) mass is 403 g/mol. The Morgan fingerprint density at radius 3 is 2.30 bits per heavy atom. The number of rotatable bonds is 3. The van der Waals surface area contributed by atoms with Crippen molar-refractivity contribution in [1.82, 2.24) is 0 Å². The number of halogens is 4. The molecule has 1 N–H and O–H groups in total. The molecule has 0 bridgehead atoms. The van der Waals surface area contributed by atoms with E-state index in [1.54, 1.807) is 0 Å². The first-order valence-corrected chi connectivity index (χ1v) is 7.64. The highest BCUT2D eigenvalue weighted by molar-refractivity contribution is 6.32. The number of allylic oxidation sites excluding steroid dienone is 2. The Labute approximate surface area is 156 Å². The fourth-order valence-corrected chi connectivity index (χ4v) is 2.50. The van der Waals surface area contributed by atoms with Crippen LogP contribution in [-0.4, -0.2) is 31.3 Å². The number of nitrogens with zero attached hydrogens (tertiary/aromatic N) is 1. The number of aromatic hydroxyl groups is 1. The fourth-order valence-electron chi connectivity index (χ4n) is 2.28. The van der Waals surface area contributed by atoms with Crippen LogP contribution in [0.15, 0.2) is 47.8 Å². The maximum absolute atomic E-state index is 13.1. The summed E-state index contributed by atoms with van der Waals surface area (Å²) in [5, 5.41) is 9.61. The Morgan fingerprint density at radius 1 is 1.11 bits per heavy atom. The molecule has 0 fully saturated rings. The van der Waals surface area contributed by atoms with Crippen LogP contribution >= 0.6 is 11.6 Å². The van der Waals surface area contributed by atoms with E-state index in [1.165, 1.54) is 24.4 Å². The summed E-state index contributed by atoms with van der Waals surface area (Å²) in [5.74, 6) is -2.70. The van der Waals surface area contributed by atoms with Gasteiger partial charge in [-0.15, -0.1) is 0 Å². The minimum atomic E-state index is -4.76. The van der Waals surface area contributed by atoms with Crippen molar-refractivity contribution in [3.63, 3.8) is 0 Å². The molecule has 144 valence electrons. The zero-order valence-corrected chi connectivity index (χ0v) is 14.8. The molecule has 0 amide bonds. The van der Waals surface area contributed by atoms with Crippen LogP contribution in [0.4, 0.5) is 18.9 Å². The van der Waals surface area contributed by atoms with Gasteiger partial charge in [-0.2, -0.15) is 13.2 Å². The van der Waals surface area contributed by atoms with Crippen molar-refractivity contribution < 1.29 is 37.3 Å². The molecular formula is C17H13ClF3NO5. The lowest BCUT2D eigenvalue weighted by molar-refractivity contribution is -0.139. The number of methoxy groups -OCH3 is 2. The number of hydrogen-bond acceptors (Lipinski definition) is 6. The van der Waals surface area contributed by atoms with Gasteiger partial charge in [0.2, 0.25) is 0 Å². The summed E-state index contributed by atoms with van der Waals surface area (Å²) in [6, 6.07) is 1.14. The molecule has 0 aliphatic carbocycles. The number of phenolic OH excluding ortho intramolecular Hbond substituents is 1.